The van der Waals surface area contributed by atoms with Crippen LogP contribution >= 0.6 is 0 Å². The van der Waals surface area contributed by atoms with Crippen LogP contribution in [-0.4, -0.2) is 12.1 Å². The summed E-state index contributed by atoms with van der Waals surface area (Å²) >= 11 is 0. The fraction of sp³-hybridized carbons (Fsp3) is 0.300. The van der Waals surface area contributed by atoms with Crippen molar-refractivity contribution in [3.63, 3.8) is 0 Å². The molecule has 2 nitrogen and oxygen atoms in total. The van der Waals surface area contributed by atoms with Gasteiger partial charge in [0.25, 0.3) is 0 Å². The molecule has 0 aliphatic heterocycles. The standard InChI is InChI=1S/C10H10F3NO/c1-6(11)10(12,13)8-5-3-2-4-7(8)9(14)15/h2-6H,1H3,(H2,14,15)/t6-/m0/s1. The lowest BCUT2D eigenvalue weighted by molar-refractivity contribution is -0.0716. The minimum absolute atomic E-state index is 0.355. The topological polar surface area (TPSA) is 43.1 Å². The molecule has 0 aliphatic carbocycles. The van der Waals surface area contributed by atoms with Crippen LogP contribution in [0.3, 0.4) is 0 Å². The van der Waals surface area contributed by atoms with Gasteiger partial charge >= 0.3 is 5.92 Å². The largest absolute Gasteiger partial charge is 0.366 e. The summed E-state index contributed by atoms with van der Waals surface area (Å²) in [7, 11) is 0. The van der Waals surface area contributed by atoms with E-state index in [2.05, 4.69) is 0 Å². The lowest BCUT2D eigenvalue weighted by Crippen LogP contribution is -2.28. The molecule has 82 valence electrons. The highest BCUT2D eigenvalue weighted by Crippen LogP contribution is 2.35. The van der Waals surface area contributed by atoms with Crippen LogP contribution in [0.1, 0.15) is 22.8 Å². The number of rotatable bonds is 3. The zero-order chi connectivity index (χ0) is 11.6. The van der Waals surface area contributed by atoms with Crippen molar-refractivity contribution >= 4 is 5.91 Å². The predicted molar refractivity (Wildman–Crippen MR) is 49.4 cm³/mol. The highest BCUT2D eigenvalue weighted by atomic mass is 19.3. The molecule has 1 rings (SSSR count). The van der Waals surface area contributed by atoms with Gasteiger partial charge in [-0.1, -0.05) is 18.2 Å². The van der Waals surface area contributed by atoms with E-state index in [1.54, 1.807) is 0 Å². The summed E-state index contributed by atoms with van der Waals surface area (Å²) in [6, 6.07) is 4.84. The molecule has 0 heterocycles. The quantitative estimate of drug-likeness (QED) is 0.828. The third kappa shape index (κ3) is 2.11. The van der Waals surface area contributed by atoms with E-state index in [-0.39, 0.29) is 5.56 Å². The molecule has 5 heteroatoms. The summed E-state index contributed by atoms with van der Waals surface area (Å²) in [6.45, 7) is 0.734. The minimum Gasteiger partial charge on any atom is -0.366 e. The Morgan fingerprint density at radius 1 is 1.40 bits per heavy atom. The second-order valence-electron chi connectivity index (χ2n) is 3.15. The number of amides is 1. The summed E-state index contributed by atoms with van der Waals surface area (Å²) in [5.74, 6) is -4.70. The van der Waals surface area contributed by atoms with Crippen LogP contribution in [0.5, 0.6) is 0 Å². The fourth-order valence-electron chi connectivity index (χ4n) is 1.20. The maximum atomic E-state index is 13.3. The van der Waals surface area contributed by atoms with E-state index in [4.69, 9.17) is 5.73 Å². The molecule has 1 atom stereocenters. The number of nitrogens with two attached hydrogens (primary N) is 1. The average molecular weight is 217 g/mol. The predicted octanol–water partition coefficient (Wildman–Crippen LogP) is 2.24. The molecule has 2 N–H and O–H groups in total. The zero-order valence-corrected chi connectivity index (χ0v) is 8.01. The van der Waals surface area contributed by atoms with Gasteiger partial charge in [0.05, 0.1) is 0 Å². The van der Waals surface area contributed by atoms with E-state index < -0.39 is 23.6 Å². The Balaban J connectivity index is 3.31. The van der Waals surface area contributed by atoms with Crippen molar-refractivity contribution in [2.75, 3.05) is 0 Å². The molecule has 1 aromatic rings. The van der Waals surface area contributed by atoms with Gasteiger partial charge in [-0.15, -0.1) is 0 Å². The van der Waals surface area contributed by atoms with Gasteiger partial charge < -0.3 is 5.73 Å². The molecule has 0 radical (unpaired) electrons. The van der Waals surface area contributed by atoms with Crippen LogP contribution in [-0.2, 0) is 5.92 Å². The van der Waals surface area contributed by atoms with Gasteiger partial charge in [-0.25, -0.2) is 4.39 Å². The highest BCUT2D eigenvalue weighted by Gasteiger charge is 2.41. The number of carbonyl (C=O) groups excluding carboxylic acids is 1. The number of benzene rings is 1. The number of hydrogen-bond acceptors (Lipinski definition) is 1. The summed E-state index contributed by atoms with van der Waals surface area (Å²) in [5.41, 5.74) is 3.89. The summed E-state index contributed by atoms with van der Waals surface area (Å²) < 4.78 is 39.3. The summed E-state index contributed by atoms with van der Waals surface area (Å²) in [6.07, 6.45) is -2.38. The van der Waals surface area contributed by atoms with Crippen molar-refractivity contribution < 1.29 is 18.0 Å². The van der Waals surface area contributed by atoms with Crippen LogP contribution in [0.15, 0.2) is 24.3 Å². The third-order valence-corrected chi connectivity index (χ3v) is 2.05. The maximum Gasteiger partial charge on any atom is 0.304 e. The van der Waals surface area contributed by atoms with Crippen LogP contribution < -0.4 is 5.73 Å². The lowest BCUT2D eigenvalue weighted by atomic mass is 9.98. The summed E-state index contributed by atoms with van der Waals surface area (Å²) in [4.78, 5) is 10.9. The molecule has 0 unspecified atom stereocenters. The molecular formula is C10H10F3NO. The first-order valence-electron chi connectivity index (χ1n) is 4.28. The average Bonchev–Trinajstić information content (AvgIpc) is 2.17. The molecule has 15 heavy (non-hydrogen) atoms. The molecule has 1 amide bonds. The monoisotopic (exact) mass is 217 g/mol. The summed E-state index contributed by atoms with van der Waals surface area (Å²) in [5, 5.41) is 0. The Morgan fingerprint density at radius 3 is 2.40 bits per heavy atom. The van der Waals surface area contributed by atoms with Gasteiger partial charge in [-0.3, -0.25) is 4.79 Å². The normalized spacial score (nSPS) is 13.6. The van der Waals surface area contributed by atoms with E-state index >= 15 is 0 Å². The van der Waals surface area contributed by atoms with Crippen molar-refractivity contribution in [1.29, 1.82) is 0 Å². The molecule has 0 spiro atoms. The van der Waals surface area contributed by atoms with Crippen LogP contribution in [0.25, 0.3) is 0 Å². The van der Waals surface area contributed by atoms with E-state index in [1.807, 2.05) is 0 Å². The van der Waals surface area contributed by atoms with Gasteiger partial charge in [0.2, 0.25) is 5.91 Å². The van der Waals surface area contributed by atoms with E-state index in [9.17, 15) is 18.0 Å². The number of hydrogen-bond donors (Lipinski definition) is 1. The Kier molecular flexibility index (Phi) is 3.02. The van der Waals surface area contributed by atoms with Crippen LogP contribution in [0.4, 0.5) is 13.2 Å². The van der Waals surface area contributed by atoms with Gasteiger partial charge in [0, 0.05) is 11.1 Å². The molecule has 0 bridgehead atoms. The second kappa shape index (κ2) is 3.92. The molecular weight excluding hydrogens is 207 g/mol. The Bertz CT molecular complexity index is 377. The Labute approximate surface area is 84.9 Å². The first kappa shape index (κ1) is 11.6. The molecule has 0 fully saturated rings. The van der Waals surface area contributed by atoms with Crippen molar-refractivity contribution in [2.24, 2.45) is 5.73 Å². The number of alkyl halides is 3. The molecule has 0 saturated carbocycles. The van der Waals surface area contributed by atoms with Crippen molar-refractivity contribution in [3.05, 3.63) is 35.4 Å². The smallest absolute Gasteiger partial charge is 0.304 e. The van der Waals surface area contributed by atoms with E-state index in [1.165, 1.54) is 12.1 Å². The molecule has 1 aromatic carbocycles. The van der Waals surface area contributed by atoms with Crippen molar-refractivity contribution in [2.45, 2.75) is 19.0 Å². The maximum absolute atomic E-state index is 13.3. The molecule has 0 aromatic heterocycles. The first-order valence-corrected chi connectivity index (χ1v) is 4.28. The molecule has 0 aliphatic rings. The zero-order valence-electron chi connectivity index (χ0n) is 8.01. The third-order valence-electron chi connectivity index (χ3n) is 2.05. The van der Waals surface area contributed by atoms with Gasteiger partial charge in [-0.2, -0.15) is 8.78 Å². The van der Waals surface area contributed by atoms with Gasteiger partial charge in [0.1, 0.15) is 0 Å². The van der Waals surface area contributed by atoms with E-state index in [0.717, 1.165) is 19.1 Å². The first-order chi connectivity index (χ1) is 6.87. The van der Waals surface area contributed by atoms with Gasteiger partial charge in [0.15, 0.2) is 6.17 Å². The van der Waals surface area contributed by atoms with Crippen LogP contribution in [0, 0.1) is 0 Å². The Morgan fingerprint density at radius 2 is 1.93 bits per heavy atom. The van der Waals surface area contributed by atoms with Crippen molar-refractivity contribution in [1.82, 2.24) is 0 Å². The minimum atomic E-state index is -3.70. The van der Waals surface area contributed by atoms with E-state index in [0.29, 0.717) is 0 Å². The fourth-order valence-corrected chi connectivity index (χ4v) is 1.20. The number of carbonyl (C=O) groups is 1. The number of primary amides is 1. The Hall–Kier alpha value is -1.52. The highest BCUT2D eigenvalue weighted by molar-refractivity contribution is 5.94. The number of halogens is 3. The van der Waals surface area contributed by atoms with Gasteiger partial charge in [-0.05, 0) is 13.0 Å². The van der Waals surface area contributed by atoms with Crippen molar-refractivity contribution in [3.8, 4) is 0 Å². The van der Waals surface area contributed by atoms with Crippen LogP contribution in [0.2, 0.25) is 0 Å². The molecule has 0 saturated heterocycles. The lowest BCUT2D eigenvalue weighted by Gasteiger charge is -2.19. The SMILES string of the molecule is C[C@H](F)C(F)(F)c1ccccc1C(N)=O. The second-order valence-corrected chi connectivity index (χ2v) is 3.15.